The van der Waals surface area contributed by atoms with Gasteiger partial charge in [-0.05, 0) is 0 Å². The molecule has 0 aliphatic heterocycles. The van der Waals surface area contributed by atoms with Crippen LogP contribution in [-0.4, -0.2) is 0 Å². The van der Waals surface area contributed by atoms with Crippen molar-refractivity contribution in [1.29, 1.82) is 0 Å². The monoisotopic (exact) mass is 192 g/mol. The molecule has 0 rings (SSSR count). The van der Waals surface area contributed by atoms with Gasteiger partial charge in [0.15, 0.2) is 0 Å². The van der Waals surface area contributed by atoms with E-state index in [1.807, 2.05) is 0 Å². The van der Waals surface area contributed by atoms with Gasteiger partial charge in [-0.3, -0.25) is 0 Å². The van der Waals surface area contributed by atoms with E-state index in [0.717, 1.165) is 0 Å². The van der Waals surface area contributed by atoms with Crippen LogP contribution in [0.3, 0.4) is 0 Å². The number of rotatable bonds is 0. The summed E-state index contributed by atoms with van der Waals surface area (Å²) in [6, 6.07) is 0. The maximum atomic E-state index is 4.97. The van der Waals surface area contributed by atoms with E-state index in [0.29, 0.717) is 0 Å². The Morgan fingerprint density at radius 2 is 1.50 bits per heavy atom. The van der Waals surface area contributed by atoms with Gasteiger partial charge in [0.1, 0.15) is 0 Å². The Balaban J connectivity index is -0.0000000200. The fourth-order valence-electron chi connectivity index (χ4n) is 0. The third kappa shape index (κ3) is 8.93. The van der Waals surface area contributed by atoms with Crippen LogP contribution in [0.25, 0.3) is 0 Å². The molecule has 0 nitrogen and oxygen atoms in total. The zero-order chi connectivity index (χ0) is 2.71. The van der Waals surface area contributed by atoms with Gasteiger partial charge in [0.05, 0.1) is 0 Å². The summed E-state index contributed by atoms with van der Waals surface area (Å²) in [5, 5.41) is 0. The maximum absolute atomic E-state index is 4.97. The minimum Gasteiger partial charge on any atom is -1.00 e. The average Bonchev–Trinajstić information content (AvgIpc) is 0.918. The van der Waals surface area contributed by atoms with Gasteiger partial charge in [0.2, 0.25) is 0 Å². The third-order valence-electron chi connectivity index (χ3n) is 0. The molecule has 0 aliphatic carbocycles. The molecule has 0 bridgehead atoms. The molecule has 0 fully saturated rings. The van der Waals surface area contributed by atoms with Crippen LogP contribution < -0.4 is 18.9 Å². The molecule has 0 spiro atoms. The van der Waals surface area contributed by atoms with Crippen molar-refractivity contribution >= 4 is 16.6 Å². The van der Waals surface area contributed by atoms with E-state index in [1.165, 1.54) is 0 Å². The molecular formula is HCdCl2Li. The number of hydrogen-bond donors (Lipinski definition) is 0. The van der Waals surface area contributed by atoms with Crippen molar-refractivity contribution in [2.24, 2.45) is 0 Å². The van der Waals surface area contributed by atoms with Gasteiger partial charge in [-0.25, -0.2) is 0 Å². The smallest absolute Gasteiger partial charge is 1.00 e. The van der Waals surface area contributed by atoms with Crippen molar-refractivity contribution in [3.8, 4) is 0 Å². The van der Waals surface area contributed by atoms with E-state index < -0.39 is 21.8 Å². The summed E-state index contributed by atoms with van der Waals surface area (Å²) in [5.41, 5.74) is 0. The van der Waals surface area contributed by atoms with E-state index in [2.05, 4.69) is 0 Å². The molecule has 0 saturated heterocycles. The summed E-state index contributed by atoms with van der Waals surface area (Å²) in [7, 11) is 9.95. The minimum absolute atomic E-state index is 0. The molecule has 0 unspecified atom stereocenters. The van der Waals surface area contributed by atoms with Gasteiger partial charge in [-0.1, -0.05) is 0 Å². The van der Waals surface area contributed by atoms with E-state index in [9.17, 15) is 0 Å². The van der Waals surface area contributed by atoms with E-state index in [1.54, 1.807) is 0 Å². The quantitative estimate of drug-likeness (QED) is 0.409. The standard InChI is InChI=1S/Cd.2ClH.Li.H/h;2*1H;;/q+2;;;+1;-1/p-2. The van der Waals surface area contributed by atoms with E-state index >= 15 is 0 Å². The Bertz CT molecular complexity index is 9.61. The second-order valence-electron chi connectivity index (χ2n) is 0.101. The first kappa shape index (κ1) is 9.44. The first-order valence-corrected chi connectivity index (χ1v) is 10.8. The molecule has 0 aliphatic rings. The van der Waals surface area contributed by atoms with Crippen LogP contribution >= 0.6 is 16.6 Å². The molecule has 0 atom stereocenters. The largest absolute Gasteiger partial charge is 1.00 e. The summed E-state index contributed by atoms with van der Waals surface area (Å²) in [6.45, 7) is 0. The van der Waals surface area contributed by atoms with Crippen molar-refractivity contribution in [2.45, 2.75) is 0 Å². The maximum Gasteiger partial charge on any atom is 1.00 e. The van der Waals surface area contributed by atoms with Gasteiger partial charge >= 0.3 is 57.3 Å². The van der Waals surface area contributed by atoms with Crippen molar-refractivity contribution in [3.63, 3.8) is 0 Å². The van der Waals surface area contributed by atoms with Crippen LogP contribution in [0.15, 0.2) is 0 Å². The predicted octanol–water partition coefficient (Wildman–Crippen LogP) is -1.51. The molecule has 0 aromatic rings. The molecule has 0 aromatic carbocycles. The number of halogens is 2. The van der Waals surface area contributed by atoms with Crippen molar-refractivity contribution in [2.75, 3.05) is 0 Å². The molecule has 0 amide bonds. The SMILES string of the molecule is [Cl][Cd][Cl].[H-].[Li+]. The van der Waals surface area contributed by atoms with Crippen LogP contribution in [0.5, 0.6) is 0 Å². The first-order chi connectivity index (χ1) is 1.41. The molecule has 4 heteroatoms. The topological polar surface area (TPSA) is 0 Å². The Kier molecular flexibility index (Phi) is 21.0. The molecule has 0 heterocycles. The van der Waals surface area contributed by atoms with Crippen LogP contribution in [-0.2, 0) is 21.8 Å². The average molecular weight is 191 g/mol. The second kappa shape index (κ2) is 8.92. The second-order valence-corrected chi connectivity index (χ2v) is 6.10. The fraction of sp³-hybridized carbons (Fsp3) is 0. The Labute approximate surface area is 58.0 Å². The molecule has 0 N–H and O–H groups in total. The van der Waals surface area contributed by atoms with Crippen molar-refractivity contribution in [1.82, 2.24) is 0 Å². The first-order valence-electron chi connectivity index (χ1n) is 0.535. The summed E-state index contributed by atoms with van der Waals surface area (Å²) >= 11 is -1.07. The van der Waals surface area contributed by atoms with Crippen molar-refractivity contribution < 1.29 is 42.1 Å². The molecule has 4 heavy (non-hydrogen) atoms. The zero-order valence-corrected chi connectivity index (χ0v) is 8.01. The Morgan fingerprint density at radius 3 is 1.50 bits per heavy atom. The van der Waals surface area contributed by atoms with E-state index in [4.69, 9.17) is 16.6 Å². The third-order valence-corrected chi connectivity index (χ3v) is 0. The Hall–Kier alpha value is 2.10. The van der Waals surface area contributed by atoms with Crippen LogP contribution in [0.4, 0.5) is 0 Å². The molecule has 0 saturated carbocycles. The fourth-order valence-corrected chi connectivity index (χ4v) is 0. The minimum atomic E-state index is -1.07. The predicted molar refractivity (Wildman–Crippen MR) is 12.8 cm³/mol. The van der Waals surface area contributed by atoms with E-state index in [-0.39, 0.29) is 20.3 Å². The zero-order valence-electron chi connectivity index (χ0n) is 3.46. The van der Waals surface area contributed by atoms with Crippen molar-refractivity contribution in [3.05, 3.63) is 0 Å². The molecule has 0 aromatic heterocycles. The van der Waals surface area contributed by atoms with Gasteiger partial charge in [-0.15, -0.1) is 0 Å². The molecular weight excluding hydrogens is 190 g/mol. The normalized spacial score (nSPS) is 2.50. The van der Waals surface area contributed by atoms with Gasteiger partial charge in [0, 0.05) is 0 Å². The van der Waals surface area contributed by atoms with Crippen LogP contribution in [0, 0.1) is 0 Å². The summed E-state index contributed by atoms with van der Waals surface area (Å²) in [5.74, 6) is 0. The van der Waals surface area contributed by atoms with Gasteiger partial charge < -0.3 is 1.43 Å². The van der Waals surface area contributed by atoms with Crippen LogP contribution in [0.1, 0.15) is 1.43 Å². The summed E-state index contributed by atoms with van der Waals surface area (Å²) in [6.07, 6.45) is 0. The molecule has 0 radical (unpaired) electrons. The summed E-state index contributed by atoms with van der Waals surface area (Å²) in [4.78, 5) is 0. The van der Waals surface area contributed by atoms with Crippen LogP contribution in [0.2, 0.25) is 0 Å². The number of hydrogen-bond acceptors (Lipinski definition) is 0. The summed E-state index contributed by atoms with van der Waals surface area (Å²) < 4.78 is 0. The molecule has 18 valence electrons. The van der Waals surface area contributed by atoms with Gasteiger partial charge in [0.25, 0.3) is 0 Å². The Morgan fingerprint density at radius 1 is 1.50 bits per heavy atom. The van der Waals surface area contributed by atoms with Gasteiger partial charge in [-0.2, -0.15) is 0 Å².